The normalized spacial score (nSPS) is 12.2. The molecule has 23 heavy (non-hydrogen) atoms. The Morgan fingerprint density at radius 3 is 2.70 bits per heavy atom. The molecule has 0 aliphatic heterocycles. The molecule has 0 saturated heterocycles. The third kappa shape index (κ3) is 4.59. The Morgan fingerprint density at radius 1 is 1.35 bits per heavy atom. The zero-order valence-corrected chi connectivity index (χ0v) is 14.6. The molecule has 0 fully saturated rings. The third-order valence-electron chi connectivity index (χ3n) is 3.50. The van der Waals surface area contributed by atoms with Crippen molar-refractivity contribution in [2.75, 3.05) is 23.4 Å². The number of anilines is 1. The molecule has 6 heteroatoms. The van der Waals surface area contributed by atoms with Gasteiger partial charge in [0.15, 0.2) is 0 Å². The van der Waals surface area contributed by atoms with Crippen LogP contribution in [0.1, 0.15) is 18.3 Å². The Bertz CT molecular complexity index is 655. The van der Waals surface area contributed by atoms with Crippen LogP contribution in [-0.4, -0.2) is 38.9 Å². The fourth-order valence-corrected chi connectivity index (χ4v) is 3.11. The fraction of sp³-hybridized carbons (Fsp3) is 0.412. The minimum atomic E-state index is -0.0426. The lowest BCUT2D eigenvalue weighted by atomic mass is 10.2. The third-order valence-corrected chi connectivity index (χ3v) is 4.77. The number of para-hydroxylation sites is 1. The number of nitrogens with one attached hydrogen (secondary N) is 1. The van der Waals surface area contributed by atoms with E-state index in [1.54, 1.807) is 0 Å². The smallest absolute Gasteiger partial charge is 0.234 e. The van der Waals surface area contributed by atoms with Gasteiger partial charge in [0.2, 0.25) is 5.91 Å². The van der Waals surface area contributed by atoms with Gasteiger partial charge in [-0.1, -0.05) is 25.1 Å². The second-order valence-corrected chi connectivity index (χ2v) is 6.67. The topological polar surface area (TPSA) is 67.2 Å². The molecule has 5 nitrogen and oxygen atoms in total. The molecule has 0 aliphatic carbocycles. The second-order valence-electron chi connectivity index (χ2n) is 5.64. The first kappa shape index (κ1) is 17.6. The highest BCUT2D eigenvalue weighted by Crippen LogP contribution is 2.23. The number of aliphatic hydroxyl groups is 1. The summed E-state index contributed by atoms with van der Waals surface area (Å²) >= 11 is 1.53. The zero-order valence-electron chi connectivity index (χ0n) is 13.7. The van der Waals surface area contributed by atoms with Gasteiger partial charge in [-0.2, -0.15) is 16.9 Å². The molecular weight excluding hydrogens is 310 g/mol. The summed E-state index contributed by atoms with van der Waals surface area (Å²) in [6.45, 7) is 5.95. The molecule has 1 aromatic heterocycles. The summed E-state index contributed by atoms with van der Waals surface area (Å²) in [6.07, 6.45) is 0. The Hall–Kier alpha value is -1.79. The highest BCUT2D eigenvalue weighted by molar-refractivity contribution is 7.99. The first-order valence-electron chi connectivity index (χ1n) is 7.63. The Morgan fingerprint density at radius 2 is 2.04 bits per heavy atom. The van der Waals surface area contributed by atoms with Gasteiger partial charge < -0.3 is 10.4 Å². The van der Waals surface area contributed by atoms with Crippen LogP contribution in [0.15, 0.2) is 30.3 Å². The number of rotatable bonds is 7. The van der Waals surface area contributed by atoms with Crippen LogP contribution in [0.3, 0.4) is 0 Å². The van der Waals surface area contributed by atoms with Crippen LogP contribution in [0.5, 0.6) is 0 Å². The average Bonchev–Trinajstić information content (AvgIpc) is 2.83. The summed E-state index contributed by atoms with van der Waals surface area (Å²) < 4.78 is 1.84. The number of aliphatic hydroxyl groups excluding tert-OH is 1. The SMILES string of the molecule is Cc1nn(-c2ccccc2)c(C)c1NC(=O)CSCC(C)CO. The van der Waals surface area contributed by atoms with Gasteiger partial charge >= 0.3 is 0 Å². The maximum atomic E-state index is 12.1. The van der Waals surface area contributed by atoms with Crippen molar-refractivity contribution in [1.29, 1.82) is 0 Å². The fourth-order valence-electron chi connectivity index (χ4n) is 2.23. The van der Waals surface area contributed by atoms with E-state index in [2.05, 4.69) is 10.4 Å². The Balaban J connectivity index is 2.03. The lowest BCUT2D eigenvalue weighted by molar-refractivity contribution is -0.113. The molecular formula is C17H23N3O2S. The van der Waals surface area contributed by atoms with E-state index in [0.717, 1.165) is 28.5 Å². The molecule has 0 bridgehead atoms. The first-order chi connectivity index (χ1) is 11.0. The monoisotopic (exact) mass is 333 g/mol. The van der Waals surface area contributed by atoms with Crippen molar-refractivity contribution < 1.29 is 9.90 Å². The predicted octanol–water partition coefficient (Wildman–Crippen LogP) is 2.79. The number of hydrogen-bond acceptors (Lipinski definition) is 4. The first-order valence-corrected chi connectivity index (χ1v) is 8.78. The number of amides is 1. The molecule has 1 amide bonds. The molecule has 0 radical (unpaired) electrons. The predicted molar refractivity (Wildman–Crippen MR) is 95.2 cm³/mol. The van der Waals surface area contributed by atoms with Gasteiger partial charge in [-0.15, -0.1) is 0 Å². The van der Waals surface area contributed by atoms with Crippen LogP contribution >= 0.6 is 11.8 Å². The molecule has 124 valence electrons. The van der Waals surface area contributed by atoms with Gasteiger partial charge in [0.25, 0.3) is 0 Å². The number of benzene rings is 1. The van der Waals surface area contributed by atoms with Gasteiger partial charge in [-0.05, 0) is 37.7 Å². The maximum Gasteiger partial charge on any atom is 0.234 e. The van der Waals surface area contributed by atoms with Crippen molar-refractivity contribution in [3.05, 3.63) is 41.7 Å². The lowest BCUT2D eigenvalue weighted by Gasteiger charge is -2.09. The zero-order chi connectivity index (χ0) is 16.8. The van der Waals surface area contributed by atoms with E-state index in [0.29, 0.717) is 5.75 Å². The number of aromatic nitrogens is 2. The van der Waals surface area contributed by atoms with Crippen molar-refractivity contribution >= 4 is 23.4 Å². The van der Waals surface area contributed by atoms with Gasteiger partial charge in [0, 0.05) is 6.61 Å². The number of thioether (sulfide) groups is 1. The van der Waals surface area contributed by atoms with Gasteiger partial charge in [-0.25, -0.2) is 4.68 Å². The maximum absolute atomic E-state index is 12.1. The van der Waals surface area contributed by atoms with E-state index in [1.807, 2.05) is 55.8 Å². The quantitative estimate of drug-likeness (QED) is 0.817. The summed E-state index contributed by atoms with van der Waals surface area (Å²) in [5.74, 6) is 1.31. The number of carbonyl (C=O) groups excluding carboxylic acids is 1. The van der Waals surface area contributed by atoms with Gasteiger partial charge in [0.1, 0.15) is 0 Å². The lowest BCUT2D eigenvalue weighted by Crippen LogP contribution is -2.16. The second kappa shape index (κ2) is 8.17. The molecule has 2 N–H and O–H groups in total. The summed E-state index contributed by atoms with van der Waals surface area (Å²) in [7, 11) is 0. The number of aryl methyl sites for hydroxylation is 1. The van der Waals surface area contributed by atoms with Gasteiger partial charge in [0.05, 0.1) is 28.5 Å². The average molecular weight is 333 g/mol. The standard InChI is InChI=1S/C17H23N3O2S/c1-12(9-21)10-23-11-16(22)18-17-13(2)19-20(14(17)3)15-7-5-4-6-8-15/h4-8,12,21H,9-11H2,1-3H3,(H,18,22). The Kier molecular flexibility index (Phi) is 6.24. The van der Waals surface area contributed by atoms with E-state index >= 15 is 0 Å². The van der Waals surface area contributed by atoms with E-state index in [9.17, 15) is 4.79 Å². The van der Waals surface area contributed by atoms with Crippen molar-refractivity contribution in [3.63, 3.8) is 0 Å². The molecule has 2 rings (SSSR count). The summed E-state index contributed by atoms with van der Waals surface area (Å²) in [6, 6.07) is 9.85. The summed E-state index contributed by atoms with van der Waals surface area (Å²) in [5.41, 5.74) is 3.46. The van der Waals surface area contributed by atoms with Crippen molar-refractivity contribution in [2.45, 2.75) is 20.8 Å². The van der Waals surface area contributed by atoms with E-state index in [1.165, 1.54) is 11.8 Å². The van der Waals surface area contributed by atoms with E-state index in [4.69, 9.17) is 5.11 Å². The van der Waals surface area contributed by atoms with E-state index < -0.39 is 0 Å². The number of hydrogen-bond donors (Lipinski definition) is 2. The highest BCUT2D eigenvalue weighted by Gasteiger charge is 2.15. The molecule has 1 unspecified atom stereocenters. The van der Waals surface area contributed by atoms with Crippen molar-refractivity contribution in [1.82, 2.24) is 9.78 Å². The number of carbonyl (C=O) groups is 1. The van der Waals surface area contributed by atoms with Crippen LogP contribution in [0, 0.1) is 19.8 Å². The number of nitrogens with zero attached hydrogens (tertiary/aromatic N) is 2. The highest BCUT2D eigenvalue weighted by atomic mass is 32.2. The molecule has 0 saturated carbocycles. The molecule has 0 aliphatic rings. The van der Waals surface area contributed by atoms with Crippen molar-refractivity contribution in [2.24, 2.45) is 5.92 Å². The summed E-state index contributed by atoms with van der Waals surface area (Å²) in [5, 5.41) is 16.5. The minimum absolute atomic E-state index is 0.0426. The summed E-state index contributed by atoms with van der Waals surface area (Å²) in [4.78, 5) is 12.1. The Labute approximate surface area is 141 Å². The molecule has 1 aromatic carbocycles. The van der Waals surface area contributed by atoms with Crippen LogP contribution in [-0.2, 0) is 4.79 Å². The van der Waals surface area contributed by atoms with Crippen LogP contribution in [0.25, 0.3) is 5.69 Å². The largest absolute Gasteiger partial charge is 0.396 e. The van der Waals surface area contributed by atoms with Crippen molar-refractivity contribution in [3.8, 4) is 5.69 Å². The minimum Gasteiger partial charge on any atom is -0.396 e. The van der Waals surface area contributed by atoms with E-state index in [-0.39, 0.29) is 18.4 Å². The molecule has 0 spiro atoms. The van der Waals surface area contributed by atoms with Crippen LogP contribution in [0.2, 0.25) is 0 Å². The molecule has 2 aromatic rings. The molecule has 1 heterocycles. The molecule has 1 atom stereocenters. The van der Waals surface area contributed by atoms with Crippen LogP contribution in [0.4, 0.5) is 5.69 Å². The van der Waals surface area contributed by atoms with Gasteiger partial charge in [-0.3, -0.25) is 4.79 Å². The van der Waals surface area contributed by atoms with Crippen LogP contribution < -0.4 is 5.32 Å².